The number of amides is 2. The number of benzene rings is 1. The van der Waals surface area contributed by atoms with Crippen LogP contribution in [0.1, 0.15) is 23.3 Å². The molecule has 2 fully saturated rings. The maximum atomic E-state index is 12.5. The molecule has 3 aromatic rings. The molecule has 13 heteroatoms. The summed E-state index contributed by atoms with van der Waals surface area (Å²) >= 11 is 0. The molecule has 0 unspecified atom stereocenters. The summed E-state index contributed by atoms with van der Waals surface area (Å²) in [6.45, 7) is 2.09. The summed E-state index contributed by atoms with van der Waals surface area (Å²) in [5.74, 6) is 0.995. The molecule has 0 radical (unpaired) electrons. The van der Waals surface area contributed by atoms with E-state index < -0.39 is 5.91 Å². The smallest absolute Gasteiger partial charge is 0.273 e. The lowest BCUT2D eigenvalue weighted by atomic mass is 10.0. The number of carbonyl (C=O) groups is 2. The number of methoxy groups -OCH3 is 1. The predicted octanol–water partition coefficient (Wildman–Crippen LogP) is 1.61. The fraction of sp³-hybridized carbons (Fsp3) is 0.375. The van der Waals surface area contributed by atoms with Crippen molar-refractivity contribution in [3.8, 4) is 23.3 Å². The van der Waals surface area contributed by atoms with Gasteiger partial charge in [-0.1, -0.05) is 6.07 Å². The molecule has 37 heavy (non-hydrogen) atoms. The molecule has 2 amide bonds. The van der Waals surface area contributed by atoms with E-state index in [4.69, 9.17) is 10.00 Å². The first-order valence-corrected chi connectivity index (χ1v) is 11.9. The number of likely N-dealkylation sites (tertiary alicyclic amines) is 1. The summed E-state index contributed by atoms with van der Waals surface area (Å²) in [4.78, 5) is 30.8. The first-order chi connectivity index (χ1) is 18.0. The molecule has 0 bridgehead atoms. The number of hydrogen-bond acceptors (Lipinski definition) is 10. The third kappa shape index (κ3) is 5.13. The van der Waals surface area contributed by atoms with Gasteiger partial charge in [0.05, 0.1) is 24.0 Å². The molecule has 2 aliphatic rings. The second-order valence-electron chi connectivity index (χ2n) is 9.01. The van der Waals surface area contributed by atoms with Crippen LogP contribution in [0.5, 0.6) is 5.75 Å². The van der Waals surface area contributed by atoms with Crippen LogP contribution in [0.2, 0.25) is 0 Å². The average Bonchev–Trinajstić information content (AvgIpc) is 3.64. The van der Waals surface area contributed by atoms with E-state index in [9.17, 15) is 9.59 Å². The lowest BCUT2D eigenvalue weighted by Crippen LogP contribution is -2.45. The van der Waals surface area contributed by atoms with E-state index in [2.05, 4.69) is 42.4 Å². The minimum absolute atomic E-state index is 0.00418. The highest BCUT2D eigenvalue weighted by Gasteiger charge is 2.30. The molecule has 1 saturated heterocycles. The number of ether oxygens (including phenoxy) is 1. The van der Waals surface area contributed by atoms with Gasteiger partial charge in [-0.2, -0.15) is 10.4 Å². The quantitative estimate of drug-likeness (QED) is 0.366. The Morgan fingerprint density at radius 2 is 2.03 bits per heavy atom. The predicted molar refractivity (Wildman–Crippen MR) is 133 cm³/mol. The van der Waals surface area contributed by atoms with E-state index in [1.54, 1.807) is 28.0 Å². The van der Waals surface area contributed by atoms with Crippen molar-refractivity contribution in [2.45, 2.75) is 19.4 Å². The van der Waals surface area contributed by atoms with Crippen molar-refractivity contribution in [3.05, 3.63) is 36.3 Å². The van der Waals surface area contributed by atoms with Crippen molar-refractivity contribution >= 4 is 29.0 Å². The van der Waals surface area contributed by atoms with Crippen LogP contribution in [0.25, 0.3) is 11.4 Å². The molecule has 3 heterocycles. The van der Waals surface area contributed by atoms with Crippen LogP contribution in [0, 0.1) is 23.3 Å². The second kappa shape index (κ2) is 10.1. The zero-order valence-corrected chi connectivity index (χ0v) is 20.4. The van der Waals surface area contributed by atoms with E-state index in [1.165, 1.54) is 14.2 Å². The Morgan fingerprint density at radius 3 is 2.73 bits per heavy atom. The summed E-state index contributed by atoms with van der Waals surface area (Å²) in [6.07, 6.45) is 5.51. The normalized spacial score (nSPS) is 14.9. The van der Waals surface area contributed by atoms with Crippen LogP contribution in [0.3, 0.4) is 0 Å². The molecule has 0 atom stereocenters. The first-order valence-electron chi connectivity index (χ1n) is 11.9. The van der Waals surface area contributed by atoms with E-state index >= 15 is 0 Å². The van der Waals surface area contributed by atoms with Crippen molar-refractivity contribution in [1.29, 1.82) is 5.26 Å². The molecule has 1 saturated carbocycles. The van der Waals surface area contributed by atoms with E-state index in [1.807, 2.05) is 12.1 Å². The Morgan fingerprint density at radius 1 is 1.22 bits per heavy atom. The van der Waals surface area contributed by atoms with Gasteiger partial charge < -0.3 is 25.6 Å². The number of hydrogen-bond donors (Lipinski definition) is 3. The van der Waals surface area contributed by atoms with E-state index in [-0.39, 0.29) is 23.3 Å². The molecular formula is C24H26N10O3. The van der Waals surface area contributed by atoms with E-state index in [0.29, 0.717) is 54.1 Å². The van der Waals surface area contributed by atoms with Gasteiger partial charge in [0.2, 0.25) is 5.91 Å². The Hall–Kier alpha value is -4.73. The number of nitrogens with one attached hydrogen (secondary N) is 3. The summed E-state index contributed by atoms with van der Waals surface area (Å²) < 4.78 is 7.48. The Balaban J connectivity index is 1.41. The monoisotopic (exact) mass is 502 g/mol. The number of anilines is 3. The van der Waals surface area contributed by atoms with Crippen LogP contribution in [0.15, 0.2) is 30.6 Å². The van der Waals surface area contributed by atoms with Gasteiger partial charge in [-0.3, -0.25) is 14.3 Å². The molecule has 0 spiro atoms. The topological polar surface area (TPSA) is 163 Å². The second-order valence-corrected chi connectivity index (χ2v) is 9.01. The molecule has 13 nitrogen and oxygen atoms in total. The van der Waals surface area contributed by atoms with Gasteiger partial charge in [-0.25, -0.2) is 4.98 Å². The van der Waals surface area contributed by atoms with Gasteiger partial charge in [0.25, 0.3) is 5.91 Å². The van der Waals surface area contributed by atoms with Gasteiger partial charge in [0.15, 0.2) is 29.3 Å². The molecule has 1 aromatic carbocycles. The molecule has 3 N–H and O–H groups in total. The molecule has 190 valence electrons. The maximum Gasteiger partial charge on any atom is 0.273 e. The van der Waals surface area contributed by atoms with Crippen molar-refractivity contribution in [3.63, 3.8) is 0 Å². The SMILES string of the molecule is CNC(=O)c1nnc(NC(=O)C2CC2)cc1Nc1cccc(-c2ncn(CC3CN(C#N)C3)n2)c1OC. The number of para-hydroxylation sites is 1. The van der Waals surface area contributed by atoms with Crippen LogP contribution >= 0.6 is 0 Å². The van der Waals surface area contributed by atoms with Crippen LogP contribution in [0.4, 0.5) is 17.2 Å². The van der Waals surface area contributed by atoms with E-state index in [0.717, 1.165) is 12.8 Å². The van der Waals surface area contributed by atoms with Crippen molar-refractivity contribution in [1.82, 2.24) is 35.2 Å². The molecule has 1 aliphatic carbocycles. The summed E-state index contributed by atoms with van der Waals surface area (Å²) in [5, 5.41) is 30.1. The summed E-state index contributed by atoms with van der Waals surface area (Å²) in [7, 11) is 3.04. The number of nitrogens with zero attached hydrogens (tertiary/aromatic N) is 7. The zero-order chi connectivity index (χ0) is 25.9. The number of rotatable bonds is 9. The average molecular weight is 503 g/mol. The third-order valence-electron chi connectivity index (χ3n) is 6.25. The molecule has 2 aromatic heterocycles. The first kappa shape index (κ1) is 24.0. The van der Waals surface area contributed by atoms with Crippen molar-refractivity contribution < 1.29 is 14.3 Å². The minimum atomic E-state index is -0.434. The highest BCUT2D eigenvalue weighted by molar-refractivity contribution is 6.00. The minimum Gasteiger partial charge on any atom is -0.494 e. The summed E-state index contributed by atoms with van der Waals surface area (Å²) in [6, 6.07) is 7.03. The van der Waals surface area contributed by atoms with Gasteiger partial charge in [0.1, 0.15) is 6.33 Å². The van der Waals surface area contributed by atoms with Crippen molar-refractivity contribution in [2.24, 2.45) is 11.8 Å². The largest absolute Gasteiger partial charge is 0.494 e. The third-order valence-corrected chi connectivity index (χ3v) is 6.25. The Bertz CT molecular complexity index is 1370. The molecule has 1 aliphatic heterocycles. The zero-order valence-electron chi connectivity index (χ0n) is 20.4. The van der Waals surface area contributed by atoms with Gasteiger partial charge in [-0.15, -0.1) is 10.2 Å². The maximum absolute atomic E-state index is 12.5. The fourth-order valence-electron chi connectivity index (χ4n) is 4.12. The lowest BCUT2D eigenvalue weighted by molar-refractivity contribution is -0.117. The molecule has 5 rings (SSSR count). The number of aromatic nitrogens is 5. The number of nitriles is 1. The van der Waals surface area contributed by atoms with Crippen molar-refractivity contribution in [2.75, 3.05) is 37.9 Å². The van der Waals surface area contributed by atoms with Gasteiger partial charge >= 0.3 is 0 Å². The highest BCUT2D eigenvalue weighted by atomic mass is 16.5. The fourth-order valence-corrected chi connectivity index (χ4v) is 4.12. The summed E-state index contributed by atoms with van der Waals surface area (Å²) in [5.41, 5.74) is 1.62. The van der Waals surface area contributed by atoms with Crippen LogP contribution < -0.4 is 20.7 Å². The Kier molecular flexibility index (Phi) is 6.55. The highest BCUT2D eigenvalue weighted by Crippen LogP contribution is 2.37. The number of carbonyl (C=O) groups excluding carboxylic acids is 2. The van der Waals surface area contributed by atoms with Gasteiger partial charge in [-0.05, 0) is 25.0 Å². The Labute approximate surface area is 212 Å². The standard InChI is InChI=1S/C24H26N10O3/c1-26-24(36)20-18(8-19(30-31-20)29-23(35)15-6-7-15)28-17-5-3-4-16(21(17)37-2)22-27-13-34(32-22)11-14-9-33(10-14)12-25/h3-5,8,13-15H,6-7,9-11H2,1-2H3,(H,26,36)(H2,28,29,30,35). The van der Waals surface area contributed by atoms with Gasteiger partial charge in [0, 0.05) is 44.6 Å². The van der Waals surface area contributed by atoms with Crippen LogP contribution in [-0.4, -0.2) is 68.9 Å². The molecular weight excluding hydrogens is 476 g/mol. The lowest BCUT2D eigenvalue weighted by Gasteiger charge is -2.34. The van der Waals surface area contributed by atoms with Crippen LogP contribution in [-0.2, 0) is 11.3 Å².